The highest BCUT2D eigenvalue weighted by Gasteiger charge is 2.09. The summed E-state index contributed by atoms with van der Waals surface area (Å²) in [6, 6.07) is 11.7. The molecule has 0 aliphatic rings. The third-order valence-corrected chi connectivity index (χ3v) is 3.59. The number of aromatic nitrogens is 1. The number of hydrogen-bond acceptors (Lipinski definition) is 2. The Labute approximate surface area is 125 Å². The van der Waals surface area contributed by atoms with Gasteiger partial charge in [0.15, 0.2) is 5.88 Å². The predicted octanol–water partition coefficient (Wildman–Crippen LogP) is 4.29. The second-order valence-corrected chi connectivity index (χ2v) is 5.05. The number of H-pyrrole nitrogens is 1. The summed E-state index contributed by atoms with van der Waals surface area (Å²) in [4.78, 5) is 7.06. The Bertz CT molecular complexity index is 826. The van der Waals surface area contributed by atoms with Gasteiger partial charge < -0.3 is 10.1 Å². The number of rotatable bonds is 3. The van der Waals surface area contributed by atoms with Gasteiger partial charge in [0.25, 0.3) is 0 Å². The number of aromatic amines is 1. The lowest BCUT2D eigenvalue weighted by molar-refractivity contribution is 0.457. The first kappa shape index (κ1) is 13.6. The van der Waals surface area contributed by atoms with E-state index in [-0.39, 0.29) is 11.7 Å². The topological polar surface area (TPSA) is 48.4 Å². The Kier molecular flexibility index (Phi) is 3.62. The largest absolute Gasteiger partial charge is 0.494 e. The molecule has 0 saturated carbocycles. The van der Waals surface area contributed by atoms with Gasteiger partial charge in [0.1, 0.15) is 5.82 Å². The van der Waals surface area contributed by atoms with Gasteiger partial charge in [-0.15, -0.1) is 0 Å². The number of nitrogens with one attached hydrogen (secondary N) is 1. The first-order chi connectivity index (χ1) is 10.1. The maximum atomic E-state index is 13.3. The van der Waals surface area contributed by atoms with Crippen LogP contribution in [0, 0.1) is 5.82 Å². The van der Waals surface area contributed by atoms with Crippen molar-refractivity contribution in [3.05, 3.63) is 64.4 Å². The van der Waals surface area contributed by atoms with Crippen molar-refractivity contribution in [2.75, 3.05) is 0 Å². The minimum atomic E-state index is -0.359. The average molecular weight is 303 g/mol. The van der Waals surface area contributed by atoms with E-state index in [1.807, 2.05) is 18.2 Å². The summed E-state index contributed by atoms with van der Waals surface area (Å²) < 4.78 is 13.3. The normalized spacial score (nSPS) is 11.5. The molecular weight excluding hydrogens is 291 g/mol. The molecule has 2 aromatic carbocycles. The Hall–Kier alpha value is -2.33. The molecule has 0 amide bonds. The minimum Gasteiger partial charge on any atom is -0.494 e. The smallest absolute Gasteiger partial charge is 0.198 e. The van der Waals surface area contributed by atoms with Crippen LogP contribution in [0.2, 0.25) is 5.02 Å². The second-order valence-electron chi connectivity index (χ2n) is 4.64. The predicted molar refractivity (Wildman–Crippen MR) is 82.7 cm³/mol. The lowest BCUT2D eigenvalue weighted by Gasteiger charge is -1.99. The molecule has 0 atom stereocenters. The second kappa shape index (κ2) is 5.58. The minimum absolute atomic E-state index is 0.0292. The van der Waals surface area contributed by atoms with Crippen LogP contribution in [-0.4, -0.2) is 16.3 Å². The number of fused-ring (bicyclic) bond motifs is 1. The van der Waals surface area contributed by atoms with Crippen molar-refractivity contribution in [3.63, 3.8) is 0 Å². The van der Waals surface area contributed by atoms with Crippen LogP contribution >= 0.6 is 11.6 Å². The fourth-order valence-electron chi connectivity index (χ4n) is 2.16. The zero-order chi connectivity index (χ0) is 14.8. The molecule has 0 aliphatic heterocycles. The number of benzene rings is 2. The molecule has 21 heavy (non-hydrogen) atoms. The van der Waals surface area contributed by atoms with E-state index < -0.39 is 0 Å². The first-order valence-electron chi connectivity index (χ1n) is 6.38. The first-order valence-corrected chi connectivity index (χ1v) is 6.76. The summed E-state index contributed by atoms with van der Waals surface area (Å²) in [5.41, 5.74) is 2.02. The Morgan fingerprint density at radius 1 is 1.24 bits per heavy atom. The molecule has 0 unspecified atom stereocenters. The van der Waals surface area contributed by atoms with E-state index in [4.69, 9.17) is 11.6 Å². The summed E-state index contributed by atoms with van der Waals surface area (Å²) in [6.07, 6.45) is 1.52. The van der Waals surface area contributed by atoms with Gasteiger partial charge in [-0.2, -0.15) is 0 Å². The molecule has 0 radical (unpaired) electrons. The highest BCUT2D eigenvalue weighted by Crippen LogP contribution is 2.26. The van der Waals surface area contributed by atoms with Crippen molar-refractivity contribution >= 4 is 28.7 Å². The number of nitrogens with zero attached hydrogens (tertiary/aromatic N) is 1. The van der Waals surface area contributed by atoms with Crippen LogP contribution in [0.3, 0.4) is 0 Å². The molecule has 0 saturated heterocycles. The van der Waals surface area contributed by atoms with Crippen molar-refractivity contribution in [1.82, 2.24) is 4.98 Å². The molecule has 0 fully saturated rings. The van der Waals surface area contributed by atoms with Crippen molar-refractivity contribution < 1.29 is 9.50 Å². The van der Waals surface area contributed by atoms with Crippen LogP contribution in [-0.2, 0) is 6.54 Å². The van der Waals surface area contributed by atoms with Crippen molar-refractivity contribution in [2.24, 2.45) is 4.99 Å². The van der Waals surface area contributed by atoms with Gasteiger partial charge in [0, 0.05) is 22.1 Å². The average Bonchev–Trinajstić information content (AvgIpc) is 2.77. The molecule has 106 valence electrons. The van der Waals surface area contributed by atoms with Gasteiger partial charge in [-0.05, 0) is 29.8 Å². The standard InChI is InChI=1S/C16H12ClFN2O/c17-14-4-2-1-3-10(14)8-19-9-13-12-7-11(18)5-6-15(12)20-16(13)21/h1-7,9,20-21H,8H2. The summed E-state index contributed by atoms with van der Waals surface area (Å²) >= 11 is 6.05. The third-order valence-electron chi connectivity index (χ3n) is 3.22. The molecule has 3 nitrogen and oxygen atoms in total. The van der Waals surface area contributed by atoms with E-state index in [1.54, 1.807) is 12.1 Å². The molecule has 2 N–H and O–H groups in total. The fourth-order valence-corrected chi connectivity index (χ4v) is 2.36. The van der Waals surface area contributed by atoms with Gasteiger partial charge in [-0.25, -0.2) is 4.39 Å². The highest BCUT2D eigenvalue weighted by molar-refractivity contribution is 6.31. The van der Waals surface area contributed by atoms with Crippen molar-refractivity contribution in [3.8, 4) is 5.88 Å². The Balaban J connectivity index is 1.91. The van der Waals surface area contributed by atoms with Crippen molar-refractivity contribution in [1.29, 1.82) is 0 Å². The van der Waals surface area contributed by atoms with E-state index in [9.17, 15) is 9.50 Å². The summed E-state index contributed by atoms with van der Waals surface area (Å²) in [5, 5.41) is 11.1. The number of hydrogen-bond donors (Lipinski definition) is 2. The van der Waals surface area contributed by atoms with E-state index in [0.717, 1.165) is 5.56 Å². The Morgan fingerprint density at radius 2 is 2.05 bits per heavy atom. The van der Waals surface area contributed by atoms with Crippen LogP contribution in [0.5, 0.6) is 5.88 Å². The van der Waals surface area contributed by atoms with Gasteiger partial charge in [-0.3, -0.25) is 4.99 Å². The van der Waals surface area contributed by atoms with E-state index >= 15 is 0 Å². The fraction of sp³-hybridized carbons (Fsp3) is 0.0625. The Morgan fingerprint density at radius 3 is 2.86 bits per heavy atom. The summed E-state index contributed by atoms with van der Waals surface area (Å²) in [6.45, 7) is 0.390. The van der Waals surface area contributed by atoms with Crippen LogP contribution < -0.4 is 0 Å². The maximum absolute atomic E-state index is 13.3. The molecular formula is C16H12ClFN2O. The van der Waals surface area contributed by atoms with Gasteiger partial charge in [0.05, 0.1) is 12.1 Å². The van der Waals surface area contributed by atoms with Gasteiger partial charge >= 0.3 is 0 Å². The molecule has 5 heteroatoms. The quantitative estimate of drug-likeness (QED) is 0.697. The monoisotopic (exact) mass is 302 g/mol. The molecule has 1 aromatic heterocycles. The van der Waals surface area contributed by atoms with E-state index in [1.165, 1.54) is 18.3 Å². The van der Waals surface area contributed by atoms with Crippen LogP contribution in [0.25, 0.3) is 10.9 Å². The molecule has 0 bridgehead atoms. The highest BCUT2D eigenvalue weighted by atomic mass is 35.5. The zero-order valence-electron chi connectivity index (χ0n) is 11.0. The molecule has 1 heterocycles. The van der Waals surface area contributed by atoms with Crippen LogP contribution in [0.4, 0.5) is 4.39 Å². The lowest BCUT2D eigenvalue weighted by atomic mass is 10.2. The summed E-state index contributed by atoms with van der Waals surface area (Å²) in [7, 11) is 0. The molecule has 3 rings (SSSR count). The number of aliphatic imine (C=N–C) groups is 1. The number of aromatic hydroxyl groups is 1. The SMILES string of the molecule is Oc1[nH]c2ccc(F)cc2c1C=NCc1ccccc1Cl. The van der Waals surface area contributed by atoms with E-state index in [2.05, 4.69) is 9.98 Å². The summed E-state index contributed by atoms with van der Waals surface area (Å²) in [5.74, 6) is -0.388. The molecule has 0 spiro atoms. The third kappa shape index (κ3) is 2.76. The van der Waals surface area contributed by atoms with Crippen LogP contribution in [0.15, 0.2) is 47.5 Å². The molecule has 3 aromatic rings. The lowest BCUT2D eigenvalue weighted by Crippen LogP contribution is -1.85. The number of halogens is 2. The maximum Gasteiger partial charge on any atom is 0.198 e. The van der Waals surface area contributed by atoms with Crippen molar-refractivity contribution in [2.45, 2.75) is 6.54 Å². The van der Waals surface area contributed by atoms with Crippen LogP contribution in [0.1, 0.15) is 11.1 Å². The van der Waals surface area contributed by atoms with Gasteiger partial charge in [-0.1, -0.05) is 29.8 Å². The zero-order valence-corrected chi connectivity index (χ0v) is 11.7. The van der Waals surface area contributed by atoms with E-state index in [0.29, 0.717) is 28.0 Å². The van der Waals surface area contributed by atoms with Gasteiger partial charge in [0.2, 0.25) is 0 Å². The molecule has 0 aliphatic carbocycles.